The molecule has 2 unspecified atom stereocenters. The zero-order chi connectivity index (χ0) is 15.6. The number of thiophene rings is 1. The van der Waals surface area contributed by atoms with Gasteiger partial charge in [-0.1, -0.05) is 6.07 Å². The molecule has 1 aliphatic rings. The highest BCUT2D eigenvalue weighted by molar-refractivity contribution is 7.12. The number of nitrogens with zero attached hydrogens (tertiary/aromatic N) is 1. The predicted molar refractivity (Wildman–Crippen MR) is 78.2 cm³/mol. The Morgan fingerprint density at radius 2 is 2.19 bits per heavy atom. The first-order valence-corrected chi connectivity index (χ1v) is 7.63. The summed E-state index contributed by atoms with van der Waals surface area (Å²) in [4.78, 5) is 37.6. The molecule has 114 valence electrons. The van der Waals surface area contributed by atoms with Crippen molar-refractivity contribution in [3.63, 3.8) is 0 Å². The van der Waals surface area contributed by atoms with Crippen LogP contribution in [0.4, 0.5) is 0 Å². The number of aliphatic carboxylic acids is 1. The molecule has 0 radical (unpaired) electrons. The second kappa shape index (κ2) is 5.85. The normalized spacial score (nSPS) is 22.9. The molecule has 0 aromatic carbocycles. The molecule has 7 heteroatoms. The molecule has 1 aromatic rings. The summed E-state index contributed by atoms with van der Waals surface area (Å²) in [5, 5.41) is 13.7. The lowest BCUT2D eigenvalue weighted by Crippen LogP contribution is -2.56. The third kappa shape index (κ3) is 2.92. The Labute approximate surface area is 126 Å². The fourth-order valence-electron chi connectivity index (χ4n) is 2.51. The first-order valence-electron chi connectivity index (χ1n) is 6.75. The summed E-state index contributed by atoms with van der Waals surface area (Å²) >= 11 is 1.29. The Balaban J connectivity index is 2.06. The minimum absolute atomic E-state index is 0.318. The Kier molecular flexibility index (Phi) is 4.32. The van der Waals surface area contributed by atoms with Crippen molar-refractivity contribution in [2.45, 2.75) is 38.3 Å². The molecule has 21 heavy (non-hydrogen) atoms. The zero-order valence-corrected chi connectivity index (χ0v) is 12.8. The molecule has 0 aliphatic carbocycles. The van der Waals surface area contributed by atoms with Crippen LogP contribution in [0.3, 0.4) is 0 Å². The highest BCUT2D eigenvalue weighted by atomic mass is 32.1. The second-order valence-corrected chi connectivity index (χ2v) is 6.29. The van der Waals surface area contributed by atoms with E-state index in [1.807, 2.05) is 0 Å². The number of rotatable bonds is 4. The van der Waals surface area contributed by atoms with Crippen molar-refractivity contribution >= 4 is 29.1 Å². The summed E-state index contributed by atoms with van der Waals surface area (Å²) in [6, 6.07) is 2.68. The van der Waals surface area contributed by atoms with E-state index in [4.69, 9.17) is 0 Å². The highest BCUT2D eigenvalue weighted by Gasteiger charge is 2.46. The minimum atomic E-state index is -1.18. The summed E-state index contributed by atoms with van der Waals surface area (Å²) < 4.78 is 0. The summed E-state index contributed by atoms with van der Waals surface area (Å²) in [7, 11) is 0. The predicted octanol–water partition coefficient (Wildman–Crippen LogP) is 1.33. The van der Waals surface area contributed by atoms with Crippen LogP contribution in [0.2, 0.25) is 0 Å². The number of carbonyl (C=O) groups excluding carboxylic acids is 2. The van der Waals surface area contributed by atoms with Crippen LogP contribution in [0.15, 0.2) is 17.5 Å². The molecule has 6 nitrogen and oxygen atoms in total. The van der Waals surface area contributed by atoms with Gasteiger partial charge in [0.05, 0.1) is 4.88 Å². The fourth-order valence-corrected chi connectivity index (χ4v) is 3.14. The smallest absolute Gasteiger partial charge is 0.329 e. The van der Waals surface area contributed by atoms with Gasteiger partial charge in [0, 0.05) is 6.54 Å². The zero-order valence-electron chi connectivity index (χ0n) is 12.0. The van der Waals surface area contributed by atoms with Crippen molar-refractivity contribution < 1.29 is 19.5 Å². The molecule has 1 fully saturated rings. The third-order valence-corrected chi connectivity index (χ3v) is 4.70. The SMILES string of the molecule is CC(NC(=O)c1cccs1)C(=O)N1CCCC1(C)C(=O)O. The van der Waals surface area contributed by atoms with Gasteiger partial charge in [-0.2, -0.15) is 0 Å². The van der Waals surface area contributed by atoms with E-state index in [0.29, 0.717) is 24.3 Å². The summed E-state index contributed by atoms with van der Waals surface area (Å²) in [5.74, 6) is -1.69. The van der Waals surface area contributed by atoms with Crippen molar-refractivity contribution in [2.24, 2.45) is 0 Å². The van der Waals surface area contributed by atoms with Gasteiger partial charge in [-0.25, -0.2) is 4.79 Å². The van der Waals surface area contributed by atoms with Crippen molar-refractivity contribution in [3.8, 4) is 0 Å². The van der Waals surface area contributed by atoms with E-state index in [9.17, 15) is 19.5 Å². The molecule has 1 saturated heterocycles. The molecular formula is C14H18N2O4S. The van der Waals surface area contributed by atoms with Gasteiger partial charge in [0.1, 0.15) is 11.6 Å². The third-order valence-electron chi connectivity index (χ3n) is 3.83. The molecule has 2 atom stereocenters. The average molecular weight is 310 g/mol. The summed E-state index contributed by atoms with van der Waals surface area (Å²) in [6.07, 6.45) is 1.08. The number of likely N-dealkylation sites (tertiary alicyclic amines) is 1. The number of hydrogen-bond acceptors (Lipinski definition) is 4. The first-order chi connectivity index (χ1) is 9.86. The van der Waals surface area contributed by atoms with E-state index >= 15 is 0 Å². The number of carboxylic acid groups (broad SMARTS) is 1. The molecule has 2 rings (SSSR count). The van der Waals surface area contributed by atoms with Crippen LogP contribution >= 0.6 is 11.3 Å². The Morgan fingerprint density at radius 1 is 1.48 bits per heavy atom. The van der Waals surface area contributed by atoms with Crippen LogP contribution in [0.1, 0.15) is 36.4 Å². The number of hydrogen-bond donors (Lipinski definition) is 2. The molecule has 2 heterocycles. The maximum absolute atomic E-state index is 12.4. The van der Waals surface area contributed by atoms with E-state index in [2.05, 4.69) is 5.32 Å². The van der Waals surface area contributed by atoms with Gasteiger partial charge in [-0.3, -0.25) is 9.59 Å². The maximum Gasteiger partial charge on any atom is 0.329 e. The number of amides is 2. The number of carboxylic acids is 1. The van der Waals surface area contributed by atoms with Gasteiger partial charge in [0.15, 0.2) is 0 Å². The number of nitrogens with one attached hydrogen (secondary N) is 1. The summed E-state index contributed by atoms with van der Waals surface area (Å²) in [5.41, 5.74) is -1.18. The van der Waals surface area contributed by atoms with E-state index < -0.39 is 17.6 Å². The van der Waals surface area contributed by atoms with E-state index in [1.165, 1.54) is 16.2 Å². The Hall–Kier alpha value is -1.89. The van der Waals surface area contributed by atoms with Crippen LogP contribution in [0.5, 0.6) is 0 Å². The first kappa shape index (κ1) is 15.5. The number of carbonyl (C=O) groups is 3. The van der Waals surface area contributed by atoms with Crippen molar-refractivity contribution in [1.29, 1.82) is 0 Å². The van der Waals surface area contributed by atoms with Gasteiger partial charge in [-0.15, -0.1) is 11.3 Å². The standard InChI is InChI=1S/C14H18N2O4S/c1-9(15-11(17)10-5-3-8-21-10)12(18)16-7-4-6-14(16,2)13(19)20/h3,5,8-9H,4,6-7H2,1-2H3,(H,15,17)(H,19,20). The largest absolute Gasteiger partial charge is 0.480 e. The van der Waals surface area contributed by atoms with Crippen molar-refractivity contribution in [1.82, 2.24) is 10.2 Å². The van der Waals surface area contributed by atoms with Gasteiger partial charge in [0.25, 0.3) is 5.91 Å². The highest BCUT2D eigenvalue weighted by Crippen LogP contribution is 2.29. The van der Waals surface area contributed by atoms with E-state index in [1.54, 1.807) is 31.4 Å². The summed E-state index contributed by atoms with van der Waals surface area (Å²) in [6.45, 7) is 3.53. The lowest BCUT2D eigenvalue weighted by atomic mass is 9.99. The van der Waals surface area contributed by atoms with Gasteiger partial charge >= 0.3 is 5.97 Å². The van der Waals surface area contributed by atoms with Gasteiger partial charge < -0.3 is 15.3 Å². The van der Waals surface area contributed by atoms with Crippen molar-refractivity contribution in [3.05, 3.63) is 22.4 Å². The molecule has 0 bridgehead atoms. The van der Waals surface area contributed by atoms with Crippen LogP contribution in [0, 0.1) is 0 Å². The Bertz CT molecular complexity index is 557. The molecule has 1 aliphatic heterocycles. The molecule has 0 saturated carbocycles. The Morgan fingerprint density at radius 3 is 2.76 bits per heavy atom. The molecule has 0 spiro atoms. The fraction of sp³-hybridized carbons (Fsp3) is 0.500. The lowest BCUT2D eigenvalue weighted by Gasteiger charge is -2.33. The molecular weight excluding hydrogens is 292 g/mol. The molecule has 1 aromatic heterocycles. The molecule has 2 amide bonds. The van der Waals surface area contributed by atoms with Crippen LogP contribution in [0.25, 0.3) is 0 Å². The lowest BCUT2D eigenvalue weighted by molar-refractivity contribution is -0.155. The van der Waals surface area contributed by atoms with Crippen molar-refractivity contribution in [2.75, 3.05) is 6.54 Å². The average Bonchev–Trinajstić information content (AvgIpc) is 3.07. The minimum Gasteiger partial charge on any atom is -0.480 e. The molecule has 2 N–H and O–H groups in total. The van der Waals surface area contributed by atoms with Gasteiger partial charge in [0.2, 0.25) is 5.91 Å². The van der Waals surface area contributed by atoms with Crippen LogP contribution in [-0.2, 0) is 9.59 Å². The van der Waals surface area contributed by atoms with E-state index in [0.717, 1.165) is 0 Å². The second-order valence-electron chi connectivity index (χ2n) is 5.34. The maximum atomic E-state index is 12.4. The quantitative estimate of drug-likeness (QED) is 0.878. The van der Waals surface area contributed by atoms with Gasteiger partial charge in [-0.05, 0) is 38.1 Å². The topological polar surface area (TPSA) is 86.7 Å². The monoisotopic (exact) mass is 310 g/mol. The van der Waals surface area contributed by atoms with Crippen LogP contribution in [-0.4, -0.2) is 45.9 Å². The van der Waals surface area contributed by atoms with Crippen LogP contribution < -0.4 is 5.32 Å². The van der Waals surface area contributed by atoms with E-state index in [-0.39, 0.29) is 11.8 Å².